The van der Waals surface area contributed by atoms with E-state index >= 15 is 0 Å². The lowest BCUT2D eigenvalue weighted by molar-refractivity contribution is 0.210. The first-order valence-electron chi connectivity index (χ1n) is 13.3. The first-order chi connectivity index (χ1) is 18.2. The zero-order chi connectivity index (χ0) is 27.0. The van der Waals surface area contributed by atoms with E-state index in [-0.39, 0.29) is 22.9 Å². The quantitative estimate of drug-likeness (QED) is 0.271. The standard InChI is InChI=1S/C33H36N2O3/c1-21(2)29(35-20-33(4,5)34-32(35)24-14-12-22(3)13-15-24)31-27(18-23-10-8-7-9-11-23)30(36)26-17-16-25(37-6)19-28(26)38-31/h7-17,19,21,29H,18,20H2,1-6H3/t29-/m1/s1. The molecule has 0 saturated heterocycles. The van der Waals surface area contributed by atoms with Gasteiger partial charge in [0.25, 0.3) is 0 Å². The van der Waals surface area contributed by atoms with Gasteiger partial charge in [0.15, 0.2) is 5.43 Å². The number of benzene rings is 3. The van der Waals surface area contributed by atoms with Gasteiger partial charge < -0.3 is 14.1 Å². The third-order valence-corrected chi connectivity index (χ3v) is 7.23. The number of methoxy groups -OCH3 is 1. The van der Waals surface area contributed by atoms with Crippen molar-refractivity contribution in [2.45, 2.75) is 52.6 Å². The highest BCUT2D eigenvalue weighted by atomic mass is 16.5. The minimum atomic E-state index is -0.271. The lowest BCUT2D eigenvalue weighted by Gasteiger charge is -2.35. The summed E-state index contributed by atoms with van der Waals surface area (Å²) in [5, 5.41) is 0.567. The molecule has 4 aromatic rings. The molecule has 0 unspecified atom stereocenters. The van der Waals surface area contributed by atoms with Crippen LogP contribution in [0.4, 0.5) is 0 Å². The Morgan fingerprint density at radius 3 is 2.39 bits per heavy atom. The number of rotatable bonds is 7. The Labute approximate surface area is 224 Å². The SMILES string of the molecule is COc1ccc2c(=O)c(Cc3ccccc3)c([C@@H](C(C)C)N3CC(C)(C)N=C3c3ccc(C)cc3)oc2c1. The highest BCUT2D eigenvalue weighted by Crippen LogP contribution is 2.39. The smallest absolute Gasteiger partial charge is 0.196 e. The number of aliphatic imine (C=N–C) groups is 1. The Balaban J connectivity index is 1.72. The molecule has 5 rings (SSSR count). The largest absolute Gasteiger partial charge is 0.497 e. The van der Waals surface area contributed by atoms with Gasteiger partial charge in [0.2, 0.25) is 0 Å². The Hall–Kier alpha value is -3.86. The molecule has 1 aliphatic heterocycles. The molecule has 0 N–H and O–H groups in total. The zero-order valence-corrected chi connectivity index (χ0v) is 23.1. The molecule has 1 aromatic heterocycles. The van der Waals surface area contributed by atoms with Crippen LogP contribution < -0.4 is 10.2 Å². The van der Waals surface area contributed by atoms with Crippen LogP contribution in [0.1, 0.15) is 61.8 Å². The van der Waals surface area contributed by atoms with Crippen molar-refractivity contribution in [2.24, 2.45) is 10.9 Å². The molecule has 3 aromatic carbocycles. The van der Waals surface area contributed by atoms with E-state index in [1.165, 1.54) is 5.56 Å². The second kappa shape index (κ2) is 10.1. The van der Waals surface area contributed by atoms with E-state index in [0.717, 1.165) is 23.5 Å². The van der Waals surface area contributed by atoms with Crippen molar-refractivity contribution < 1.29 is 9.15 Å². The van der Waals surface area contributed by atoms with Gasteiger partial charge >= 0.3 is 0 Å². The number of fused-ring (bicyclic) bond motifs is 1. The molecule has 5 nitrogen and oxygen atoms in total. The number of hydrogen-bond acceptors (Lipinski definition) is 5. The van der Waals surface area contributed by atoms with E-state index in [0.29, 0.717) is 34.5 Å². The maximum absolute atomic E-state index is 14.1. The van der Waals surface area contributed by atoms with Crippen LogP contribution in [-0.2, 0) is 6.42 Å². The highest BCUT2D eigenvalue weighted by molar-refractivity contribution is 6.00. The molecule has 196 valence electrons. The van der Waals surface area contributed by atoms with Crippen molar-refractivity contribution in [3.63, 3.8) is 0 Å². The molecule has 0 saturated carbocycles. The third-order valence-electron chi connectivity index (χ3n) is 7.23. The van der Waals surface area contributed by atoms with Crippen LogP contribution >= 0.6 is 0 Å². The van der Waals surface area contributed by atoms with E-state index in [4.69, 9.17) is 14.1 Å². The molecule has 0 spiro atoms. The summed E-state index contributed by atoms with van der Waals surface area (Å²) in [4.78, 5) is 21.6. The Kier molecular flexibility index (Phi) is 6.87. The molecule has 2 heterocycles. The van der Waals surface area contributed by atoms with E-state index in [1.54, 1.807) is 13.2 Å². The van der Waals surface area contributed by atoms with Gasteiger partial charge in [0.1, 0.15) is 22.9 Å². The molecular weight excluding hydrogens is 472 g/mol. The fourth-order valence-corrected chi connectivity index (χ4v) is 5.41. The molecule has 5 heteroatoms. The molecule has 0 aliphatic carbocycles. The normalized spacial score (nSPS) is 15.7. The van der Waals surface area contributed by atoms with E-state index in [9.17, 15) is 4.79 Å². The van der Waals surface area contributed by atoms with Crippen LogP contribution in [0.15, 0.2) is 87.0 Å². The van der Waals surface area contributed by atoms with Crippen molar-refractivity contribution in [2.75, 3.05) is 13.7 Å². The number of ether oxygens (including phenoxy) is 1. The molecule has 0 bridgehead atoms. The number of aryl methyl sites for hydroxylation is 1. The zero-order valence-electron chi connectivity index (χ0n) is 23.1. The second-order valence-electron chi connectivity index (χ2n) is 11.2. The highest BCUT2D eigenvalue weighted by Gasteiger charge is 2.40. The van der Waals surface area contributed by atoms with Gasteiger partial charge in [-0.15, -0.1) is 0 Å². The van der Waals surface area contributed by atoms with Crippen LogP contribution in [0, 0.1) is 12.8 Å². The average Bonchev–Trinajstić information content (AvgIpc) is 3.21. The van der Waals surface area contributed by atoms with Gasteiger partial charge in [0.05, 0.1) is 24.1 Å². The van der Waals surface area contributed by atoms with Gasteiger partial charge in [-0.25, -0.2) is 0 Å². The fraction of sp³-hybridized carbons (Fsp3) is 0.333. The minimum Gasteiger partial charge on any atom is -0.497 e. The molecule has 1 atom stereocenters. The summed E-state index contributed by atoms with van der Waals surface area (Å²) in [5.41, 5.74) is 4.32. The van der Waals surface area contributed by atoms with Gasteiger partial charge in [-0.3, -0.25) is 9.79 Å². The number of amidine groups is 1. The minimum absolute atomic E-state index is 0.00527. The molecule has 0 amide bonds. The van der Waals surface area contributed by atoms with Gasteiger partial charge in [-0.1, -0.05) is 74.0 Å². The van der Waals surface area contributed by atoms with Crippen LogP contribution in [0.2, 0.25) is 0 Å². The lowest BCUT2D eigenvalue weighted by atomic mass is 9.91. The van der Waals surface area contributed by atoms with E-state index in [1.807, 2.05) is 30.3 Å². The summed E-state index contributed by atoms with van der Waals surface area (Å²) >= 11 is 0. The number of hydrogen-bond donors (Lipinski definition) is 0. The van der Waals surface area contributed by atoms with Crippen molar-refractivity contribution in [1.29, 1.82) is 0 Å². The summed E-state index contributed by atoms with van der Waals surface area (Å²) in [5.74, 6) is 2.45. The van der Waals surface area contributed by atoms with Crippen LogP contribution in [0.3, 0.4) is 0 Å². The second-order valence-corrected chi connectivity index (χ2v) is 11.2. The van der Waals surface area contributed by atoms with Crippen molar-refractivity contribution in [3.05, 3.63) is 111 Å². The maximum Gasteiger partial charge on any atom is 0.196 e. The molecule has 0 fully saturated rings. The Morgan fingerprint density at radius 1 is 1.03 bits per heavy atom. The van der Waals surface area contributed by atoms with Crippen LogP contribution in [0.5, 0.6) is 5.75 Å². The molecule has 0 radical (unpaired) electrons. The Bertz CT molecular complexity index is 1530. The van der Waals surface area contributed by atoms with Crippen LogP contribution in [-0.4, -0.2) is 29.9 Å². The average molecular weight is 509 g/mol. The van der Waals surface area contributed by atoms with Crippen molar-refractivity contribution in [3.8, 4) is 5.75 Å². The van der Waals surface area contributed by atoms with Crippen LogP contribution in [0.25, 0.3) is 11.0 Å². The predicted molar refractivity (Wildman–Crippen MR) is 154 cm³/mol. The summed E-state index contributed by atoms with van der Waals surface area (Å²) < 4.78 is 12.2. The third kappa shape index (κ3) is 4.98. The lowest BCUT2D eigenvalue weighted by Crippen LogP contribution is -2.39. The Morgan fingerprint density at radius 2 is 1.74 bits per heavy atom. The first-order valence-corrected chi connectivity index (χ1v) is 13.3. The van der Waals surface area contributed by atoms with Gasteiger partial charge in [-0.2, -0.15) is 0 Å². The fourth-order valence-electron chi connectivity index (χ4n) is 5.41. The van der Waals surface area contributed by atoms with E-state index < -0.39 is 0 Å². The van der Waals surface area contributed by atoms with Gasteiger partial charge in [-0.05, 0) is 44.4 Å². The molecule has 1 aliphatic rings. The maximum atomic E-state index is 14.1. The van der Waals surface area contributed by atoms with Crippen molar-refractivity contribution in [1.82, 2.24) is 4.90 Å². The predicted octanol–water partition coefficient (Wildman–Crippen LogP) is 6.94. The molecule has 38 heavy (non-hydrogen) atoms. The summed E-state index contributed by atoms with van der Waals surface area (Å²) in [6.07, 6.45) is 0.498. The summed E-state index contributed by atoms with van der Waals surface area (Å²) in [7, 11) is 1.62. The summed E-state index contributed by atoms with van der Waals surface area (Å²) in [6, 6.07) is 23.9. The topological polar surface area (TPSA) is 55.0 Å². The van der Waals surface area contributed by atoms with Gasteiger partial charge in [0, 0.05) is 30.2 Å². The monoisotopic (exact) mass is 508 g/mol. The van der Waals surface area contributed by atoms with Crippen molar-refractivity contribution >= 4 is 16.8 Å². The first kappa shape index (κ1) is 25.8. The number of nitrogens with zero attached hydrogens (tertiary/aromatic N) is 2. The summed E-state index contributed by atoms with van der Waals surface area (Å²) in [6.45, 7) is 11.5. The molecular formula is C33H36N2O3. The van der Waals surface area contributed by atoms with E-state index in [2.05, 4.69) is 75.9 Å².